The van der Waals surface area contributed by atoms with Crippen molar-refractivity contribution in [1.82, 2.24) is 15.0 Å². The second-order valence-corrected chi connectivity index (χ2v) is 7.52. The van der Waals surface area contributed by atoms with Gasteiger partial charge in [-0.05, 0) is 37.1 Å². The summed E-state index contributed by atoms with van der Waals surface area (Å²) in [6.45, 7) is 0.890. The van der Waals surface area contributed by atoms with Gasteiger partial charge < -0.3 is 20.2 Å². The van der Waals surface area contributed by atoms with E-state index < -0.39 is 11.7 Å². The summed E-state index contributed by atoms with van der Waals surface area (Å²) < 4.78 is 38.3. The topological polar surface area (TPSA) is 93.9 Å². The summed E-state index contributed by atoms with van der Waals surface area (Å²) in [4.78, 5) is 34.9. The molecule has 0 spiro atoms. The van der Waals surface area contributed by atoms with E-state index in [0.29, 0.717) is 42.7 Å². The number of hydrogen-bond acceptors (Lipinski definition) is 4. The molecule has 11 heteroatoms. The first-order valence-corrected chi connectivity index (χ1v) is 9.59. The molecule has 4 rings (SSSR count). The molecule has 0 saturated carbocycles. The molecular formula is C19H17ClF3N5O2. The van der Waals surface area contributed by atoms with Gasteiger partial charge in [0.05, 0.1) is 21.6 Å². The van der Waals surface area contributed by atoms with Crippen molar-refractivity contribution in [3.05, 3.63) is 51.5 Å². The molecule has 0 radical (unpaired) electrons. The Bertz CT molecular complexity index is 1150. The Labute approximate surface area is 173 Å². The van der Waals surface area contributed by atoms with Crippen molar-refractivity contribution < 1.29 is 18.0 Å². The number of nitrogens with zero attached hydrogens (tertiary/aromatic N) is 2. The van der Waals surface area contributed by atoms with E-state index in [1.54, 1.807) is 23.1 Å². The standard InChI is InChI=1S/C19H17ClF3N5O2/c20-13-7-11(19(21,22)23)9-24-16(13)28-5-3-10(4-6-28)17(29)25-12-1-2-14-15(8-12)27-18(30)26-14/h1-2,7-10H,3-6H2,(H,25,29)(H2,26,27,30). The van der Waals surface area contributed by atoms with Gasteiger partial charge in [-0.3, -0.25) is 4.79 Å². The van der Waals surface area contributed by atoms with Crippen LogP contribution >= 0.6 is 11.6 Å². The van der Waals surface area contributed by atoms with Gasteiger partial charge in [-0.25, -0.2) is 9.78 Å². The van der Waals surface area contributed by atoms with Crippen molar-refractivity contribution in [1.29, 1.82) is 0 Å². The van der Waals surface area contributed by atoms with E-state index in [1.807, 2.05) is 0 Å². The van der Waals surface area contributed by atoms with Gasteiger partial charge in [0.25, 0.3) is 0 Å². The van der Waals surface area contributed by atoms with E-state index in [0.717, 1.165) is 12.3 Å². The first-order chi connectivity index (χ1) is 14.2. The maximum absolute atomic E-state index is 12.8. The monoisotopic (exact) mass is 439 g/mol. The minimum Gasteiger partial charge on any atom is -0.355 e. The van der Waals surface area contributed by atoms with Gasteiger partial charge >= 0.3 is 11.9 Å². The summed E-state index contributed by atoms with van der Waals surface area (Å²) in [5.74, 6) is -0.126. The smallest absolute Gasteiger partial charge is 0.355 e. The van der Waals surface area contributed by atoms with Gasteiger partial charge in [0.15, 0.2) is 0 Å². The van der Waals surface area contributed by atoms with Crippen LogP contribution in [0.4, 0.5) is 24.7 Å². The minimum atomic E-state index is -4.50. The molecule has 1 fully saturated rings. The average Bonchev–Trinajstić information content (AvgIpc) is 3.06. The first-order valence-electron chi connectivity index (χ1n) is 9.21. The van der Waals surface area contributed by atoms with Crippen LogP contribution in [0, 0.1) is 5.92 Å². The van der Waals surface area contributed by atoms with Crippen LogP contribution in [0.25, 0.3) is 11.0 Å². The predicted octanol–water partition coefficient (Wildman–Crippen LogP) is 3.78. The number of carbonyl (C=O) groups is 1. The van der Waals surface area contributed by atoms with Crippen LogP contribution in [0.5, 0.6) is 0 Å². The van der Waals surface area contributed by atoms with Crippen LogP contribution in [0.3, 0.4) is 0 Å². The molecule has 158 valence electrons. The number of piperidine rings is 1. The van der Waals surface area contributed by atoms with Gasteiger partial charge in [-0.1, -0.05) is 11.6 Å². The van der Waals surface area contributed by atoms with Crippen LogP contribution in [-0.2, 0) is 11.0 Å². The summed E-state index contributed by atoms with van der Waals surface area (Å²) in [6, 6.07) is 5.94. The number of benzene rings is 1. The number of anilines is 2. The summed E-state index contributed by atoms with van der Waals surface area (Å²) in [6.07, 6.45) is -2.72. The number of aromatic nitrogens is 3. The zero-order valence-electron chi connectivity index (χ0n) is 15.5. The second kappa shape index (κ2) is 7.67. The van der Waals surface area contributed by atoms with E-state index in [4.69, 9.17) is 11.6 Å². The van der Waals surface area contributed by atoms with Crippen LogP contribution in [0.2, 0.25) is 5.02 Å². The number of amides is 1. The lowest BCUT2D eigenvalue weighted by molar-refractivity contribution is -0.137. The Morgan fingerprint density at radius 2 is 1.87 bits per heavy atom. The number of fused-ring (bicyclic) bond motifs is 1. The third-order valence-corrected chi connectivity index (χ3v) is 5.38. The van der Waals surface area contributed by atoms with Crippen molar-refractivity contribution in [2.24, 2.45) is 5.92 Å². The maximum atomic E-state index is 12.8. The lowest BCUT2D eigenvalue weighted by atomic mass is 9.95. The van der Waals surface area contributed by atoms with Crippen LogP contribution in [0.15, 0.2) is 35.3 Å². The van der Waals surface area contributed by atoms with Gasteiger partial charge in [0, 0.05) is 30.9 Å². The Kier molecular flexibility index (Phi) is 5.19. The minimum absolute atomic E-state index is 0.0680. The van der Waals surface area contributed by atoms with E-state index in [1.165, 1.54) is 0 Å². The number of hydrogen-bond donors (Lipinski definition) is 3. The summed E-state index contributed by atoms with van der Waals surface area (Å²) in [7, 11) is 0. The fourth-order valence-electron chi connectivity index (χ4n) is 3.53. The molecule has 1 amide bonds. The van der Waals surface area contributed by atoms with Gasteiger partial charge in [0.1, 0.15) is 5.82 Å². The SMILES string of the molecule is O=C(Nc1ccc2[nH]c(=O)[nH]c2c1)C1CCN(c2ncc(C(F)(F)F)cc2Cl)CC1. The zero-order valence-corrected chi connectivity index (χ0v) is 16.3. The summed E-state index contributed by atoms with van der Waals surface area (Å²) in [5, 5.41) is 2.77. The number of pyridine rings is 1. The number of alkyl halides is 3. The number of imidazole rings is 1. The van der Waals surface area contributed by atoms with Crippen molar-refractivity contribution in [2.75, 3.05) is 23.3 Å². The zero-order chi connectivity index (χ0) is 21.5. The summed E-state index contributed by atoms with van der Waals surface area (Å²) in [5.41, 5.74) is 0.586. The van der Waals surface area contributed by atoms with Crippen molar-refractivity contribution >= 4 is 40.0 Å². The largest absolute Gasteiger partial charge is 0.417 e. The summed E-state index contributed by atoms with van der Waals surface area (Å²) >= 11 is 6.01. The normalized spacial score (nSPS) is 15.5. The number of carbonyl (C=O) groups excluding carboxylic acids is 1. The Morgan fingerprint density at radius 3 is 2.53 bits per heavy atom. The number of rotatable bonds is 3. The van der Waals surface area contributed by atoms with Crippen LogP contribution in [-0.4, -0.2) is 33.9 Å². The molecule has 3 aromatic rings. The number of H-pyrrole nitrogens is 2. The molecule has 30 heavy (non-hydrogen) atoms. The van der Waals surface area contributed by atoms with Crippen molar-refractivity contribution in [2.45, 2.75) is 19.0 Å². The maximum Gasteiger partial charge on any atom is 0.417 e. The number of nitrogens with one attached hydrogen (secondary N) is 3. The lowest BCUT2D eigenvalue weighted by Crippen LogP contribution is -2.38. The Balaban J connectivity index is 1.39. The Morgan fingerprint density at radius 1 is 1.17 bits per heavy atom. The van der Waals surface area contributed by atoms with Crippen LogP contribution in [0.1, 0.15) is 18.4 Å². The first kappa shape index (κ1) is 20.3. The highest BCUT2D eigenvalue weighted by Gasteiger charge is 2.33. The highest BCUT2D eigenvalue weighted by molar-refractivity contribution is 6.33. The van der Waals surface area contributed by atoms with Gasteiger partial charge in [-0.2, -0.15) is 13.2 Å². The molecule has 2 aromatic heterocycles. The molecular weight excluding hydrogens is 423 g/mol. The molecule has 0 bridgehead atoms. The molecule has 0 aliphatic carbocycles. The van der Waals surface area contributed by atoms with E-state index in [2.05, 4.69) is 20.3 Å². The van der Waals surface area contributed by atoms with Crippen molar-refractivity contribution in [3.8, 4) is 0 Å². The molecule has 0 unspecified atom stereocenters. The molecule has 7 nitrogen and oxygen atoms in total. The van der Waals surface area contributed by atoms with Gasteiger partial charge in [0.2, 0.25) is 5.91 Å². The fourth-order valence-corrected chi connectivity index (χ4v) is 3.81. The highest BCUT2D eigenvalue weighted by atomic mass is 35.5. The fraction of sp³-hybridized carbons (Fsp3) is 0.316. The quantitative estimate of drug-likeness (QED) is 0.579. The molecule has 3 N–H and O–H groups in total. The molecule has 1 aliphatic rings. The van der Waals surface area contributed by atoms with E-state index in [-0.39, 0.29) is 28.4 Å². The predicted molar refractivity (Wildman–Crippen MR) is 107 cm³/mol. The second-order valence-electron chi connectivity index (χ2n) is 7.12. The number of halogens is 4. The van der Waals surface area contributed by atoms with Crippen LogP contribution < -0.4 is 15.9 Å². The number of aromatic amines is 2. The molecule has 1 saturated heterocycles. The third kappa shape index (κ3) is 4.13. The van der Waals surface area contributed by atoms with E-state index in [9.17, 15) is 22.8 Å². The molecule has 0 atom stereocenters. The van der Waals surface area contributed by atoms with Crippen molar-refractivity contribution in [3.63, 3.8) is 0 Å². The van der Waals surface area contributed by atoms with Gasteiger partial charge in [-0.15, -0.1) is 0 Å². The van der Waals surface area contributed by atoms with E-state index >= 15 is 0 Å². The lowest BCUT2D eigenvalue weighted by Gasteiger charge is -2.32. The molecule has 3 heterocycles. The molecule has 1 aliphatic heterocycles. The highest BCUT2D eigenvalue weighted by Crippen LogP contribution is 2.34. The average molecular weight is 440 g/mol. The third-order valence-electron chi connectivity index (χ3n) is 5.10. The Hall–Kier alpha value is -3.01. The molecule has 1 aromatic carbocycles.